The van der Waals surface area contributed by atoms with Crippen molar-refractivity contribution in [1.82, 2.24) is 5.32 Å². The van der Waals surface area contributed by atoms with Crippen molar-refractivity contribution in [3.05, 3.63) is 113 Å². The zero-order valence-corrected chi connectivity index (χ0v) is 22.0. The lowest BCUT2D eigenvalue weighted by atomic mass is 9.82. The molecular weight excluding hydrogens is 482 g/mol. The molecule has 2 atom stereocenters. The molecule has 4 nitrogen and oxygen atoms in total. The second kappa shape index (κ2) is 12.3. The molecule has 192 valence electrons. The van der Waals surface area contributed by atoms with Crippen LogP contribution in [-0.2, 0) is 6.42 Å². The molecule has 0 amide bonds. The van der Waals surface area contributed by atoms with Crippen LogP contribution in [0.25, 0.3) is 10.8 Å². The number of aromatic carboxylic acids is 1. The summed E-state index contributed by atoms with van der Waals surface area (Å²) in [6.07, 6.45) is 4.09. The van der Waals surface area contributed by atoms with Gasteiger partial charge in [-0.15, -0.1) is 12.4 Å². The van der Waals surface area contributed by atoms with E-state index in [1.54, 1.807) is 6.07 Å². The summed E-state index contributed by atoms with van der Waals surface area (Å²) in [4.78, 5) is 11.5. The number of carbonyl (C=O) groups is 1. The SMILES string of the molecule is Cc1cc(C2CC(CCCNCCc3cccc4ccccc34)Oc3ccccc32)ccc1C(=O)O.Cl. The summed E-state index contributed by atoms with van der Waals surface area (Å²) < 4.78 is 6.38. The molecule has 1 aliphatic rings. The summed E-state index contributed by atoms with van der Waals surface area (Å²) in [5.74, 6) is 0.278. The highest BCUT2D eigenvalue weighted by Crippen LogP contribution is 2.41. The van der Waals surface area contributed by atoms with Crippen molar-refractivity contribution in [2.24, 2.45) is 0 Å². The lowest BCUT2D eigenvalue weighted by Crippen LogP contribution is -2.28. The number of halogens is 1. The summed E-state index contributed by atoms with van der Waals surface area (Å²) in [7, 11) is 0. The van der Waals surface area contributed by atoms with E-state index >= 15 is 0 Å². The number of aryl methyl sites for hydroxylation is 1. The molecule has 5 heteroatoms. The minimum Gasteiger partial charge on any atom is -0.490 e. The first-order valence-electron chi connectivity index (χ1n) is 12.9. The molecule has 37 heavy (non-hydrogen) atoms. The molecule has 0 saturated carbocycles. The van der Waals surface area contributed by atoms with Gasteiger partial charge >= 0.3 is 5.97 Å². The fourth-order valence-corrected chi connectivity index (χ4v) is 5.44. The number of carboxylic acids is 1. The third-order valence-electron chi connectivity index (χ3n) is 7.30. The van der Waals surface area contributed by atoms with Gasteiger partial charge in [0.2, 0.25) is 0 Å². The molecule has 0 radical (unpaired) electrons. The number of nitrogens with one attached hydrogen (secondary N) is 1. The Labute approximate surface area is 225 Å². The molecule has 0 aliphatic carbocycles. The maximum atomic E-state index is 11.5. The van der Waals surface area contributed by atoms with E-state index in [9.17, 15) is 9.90 Å². The summed E-state index contributed by atoms with van der Waals surface area (Å²) in [6, 6.07) is 29.1. The molecule has 0 saturated heterocycles. The van der Waals surface area contributed by atoms with Crippen LogP contribution in [0.5, 0.6) is 5.75 Å². The third kappa shape index (κ3) is 6.15. The fraction of sp³-hybridized carbons (Fsp3) is 0.281. The first-order valence-corrected chi connectivity index (χ1v) is 12.9. The van der Waals surface area contributed by atoms with Crippen molar-refractivity contribution in [3.8, 4) is 5.75 Å². The number of benzene rings is 4. The predicted octanol–water partition coefficient (Wildman–Crippen LogP) is 7.16. The van der Waals surface area contributed by atoms with E-state index in [-0.39, 0.29) is 24.4 Å². The minimum atomic E-state index is -0.878. The van der Waals surface area contributed by atoms with Crippen LogP contribution in [0.3, 0.4) is 0 Å². The van der Waals surface area contributed by atoms with Crippen molar-refractivity contribution in [2.75, 3.05) is 13.1 Å². The average Bonchev–Trinajstić information content (AvgIpc) is 2.90. The van der Waals surface area contributed by atoms with Crippen LogP contribution >= 0.6 is 12.4 Å². The van der Waals surface area contributed by atoms with Gasteiger partial charge in [-0.2, -0.15) is 0 Å². The van der Waals surface area contributed by atoms with Gasteiger partial charge in [-0.05, 0) is 85.3 Å². The normalized spacial score (nSPS) is 16.5. The Hall–Kier alpha value is -3.34. The van der Waals surface area contributed by atoms with Gasteiger partial charge in [0.1, 0.15) is 5.75 Å². The molecule has 4 aromatic rings. The van der Waals surface area contributed by atoms with Crippen molar-refractivity contribution in [2.45, 2.75) is 44.6 Å². The highest BCUT2D eigenvalue weighted by molar-refractivity contribution is 5.89. The molecule has 4 aromatic carbocycles. The van der Waals surface area contributed by atoms with Gasteiger partial charge in [-0.25, -0.2) is 4.79 Å². The molecule has 1 heterocycles. The molecule has 0 fully saturated rings. The topological polar surface area (TPSA) is 58.6 Å². The van der Waals surface area contributed by atoms with E-state index in [0.717, 1.165) is 55.6 Å². The molecule has 1 aliphatic heterocycles. The summed E-state index contributed by atoms with van der Waals surface area (Å²) in [5.41, 5.74) is 4.90. The zero-order valence-electron chi connectivity index (χ0n) is 21.2. The van der Waals surface area contributed by atoms with Crippen LogP contribution in [0.2, 0.25) is 0 Å². The van der Waals surface area contributed by atoms with Crippen LogP contribution in [0.1, 0.15) is 57.8 Å². The molecular formula is C32H34ClNO3. The van der Waals surface area contributed by atoms with Gasteiger partial charge in [0.05, 0.1) is 11.7 Å². The van der Waals surface area contributed by atoms with Crippen LogP contribution in [0.4, 0.5) is 0 Å². The third-order valence-corrected chi connectivity index (χ3v) is 7.30. The van der Waals surface area contributed by atoms with E-state index < -0.39 is 5.97 Å². The van der Waals surface area contributed by atoms with E-state index in [1.807, 2.05) is 31.2 Å². The minimum absolute atomic E-state index is 0. The lowest BCUT2D eigenvalue weighted by Gasteiger charge is -2.33. The first kappa shape index (κ1) is 26.7. The molecule has 0 spiro atoms. The number of rotatable bonds is 9. The summed E-state index contributed by atoms with van der Waals surface area (Å²) in [6.45, 7) is 3.79. The Morgan fingerprint density at radius 1 is 0.973 bits per heavy atom. The zero-order chi connectivity index (χ0) is 24.9. The molecule has 5 rings (SSSR count). The Kier molecular flexibility index (Phi) is 8.86. The maximum absolute atomic E-state index is 11.5. The van der Waals surface area contributed by atoms with Crippen LogP contribution in [-0.4, -0.2) is 30.3 Å². The van der Waals surface area contributed by atoms with Gasteiger partial charge in [0.25, 0.3) is 0 Å². The Morgan fingerprint density at radius 3 is 2.59 bits per heavy atom. The second-order valence-corrected chi connectivity index (χ2v) is 9.73. The van der Waals surface area contributed by atoms with Gasteiger partial charge in [-0.1, -0.05) is 72.8 Å². The van der Waals surface area contributed by atoms with Crippen molar-refractivity contribution in [3.63, 3.8) is 0 Å². The van der Waals surface area contributed by atoms with Gasteiger partial charge in [0.15, 0.2) is 0 Å². The highest BCUT2D eigenvalue weighted by atomic mass is 35.5. The fourth-order valence-electron chi connectivity index (χ4n) is 5.44. The number of para-hydroxylation sites is 1. The maximum Gasteiger partial charge on any atom is 0.335 e. The van der Waals surface area contributed by atoms with E-state index in [0.29, 0.717) is 5.56 Å². The standard InChI is InChI=1S/C32H33NO3.ClH/c1-22-20-25(15-16-27(22)32(34)35)30-21-26(36-31-14-5-4-13-29(30)31)11-7-18-33-19-17-24-10-6-9-23-8-2-3-12-28(23)24;/h2-6,8-10,12-16,20,26,30,33H,7,11,17-19,21H2,1H3,(H,34,35);1H. The van der Waals surface area contributed by atoms with Gasteiger partial charge in [-0.3, -0.25) is 0 Å². The molecule has 2 N–H and O–H groups in total. The quantitative estimate of drug-likeness (QED) is 0.232. The molecule has 0 aromatic heterocycles. The largest absolute Gasteiger partial charge is 0.490 e. The van der Waals surface area contributed by atoms with Crippen LogP contribution in [0, 0.1) is 6.92 Å². The van der Waals surface area contributed by atoms with E-state index in [2.05, 4.69) is 59.9 Å². The van der Waals surface area contributed by atoms with Crippen LogP contribution in [0.15, 0.2) is 84.9 Å². The van der Waals surface area contributed by atoms with Crippen molar-refractivity contribution >= 4 is 29.1 Å². The first-order chi connectivity index (χ1) is 17.6. The summed E-state index contributed by atoms with van der Waals surface area (Å²) >= 11 is 0. The number of ether oxygens (including phenoxy) is 1. The van der Waals surface area contributed by atoms with Crippen molar-refractivity contribution in [1.29, 1.82) is 0 Å². The number of hydrogen-bond donors (Lipinski definition) is 2. The predicted molar refractivity (Wildman–Crippen MR) is 152 cm³/mol. The monoisotopic (exact) mass is 515 g/mol. The number of carboxylic acid groups (broad SMARTS) is 1. The Bertz CT molecular complexity index is 1360. The van der Waals surface area contributed by atoms with Crippen molar-refractivity contribution < 1.29 is 14.6 Å². The Balaban J connectivity index is 0.00000320. The van der Waals surface area contributed by atoms with Gasteiger partial charge < -0.3 is 15.2 Å². The van der Waals surface area contributed by atoms with Crippen LogP contribution < -0.4 is 10.1 Å². The Morgan fingerprint density at radius 2 is 1.76 bits per heavy atom. The van der Waals surface area contributed by atoms with Gasteiger partial charge in [0, 0.05) is 11.5 Å². The van der Waals surface area contributed by atoms with E-state index in [1.165, 1.54) is 21.9 Å². The highest BCUT2D eigenvalue weighted by Gasteiger charge is 2.29. The second-order valence-electron chi connectivity index (χ2n) is 9.73. The molecule has 0 bridgehead atoms. The molecule has 2 unspecified atom stereocenters. The smallest absolute Gasteiger partial charge is 0.335 e. The van der Waals surface area contributed by atoms with E-state index in [4.69, 9.17) is 4.74 Å². The summed E-state index contributed by atoms with van der Waals surface area (Å²) in [5, 5.41) is 15.7. The number of hydrogen-bond acceptors (Lipinski definition) is 3. The average molecular weight is 516 g/mol. The number of fused-ring (bicyclic) bond motifs is 2. The lowest BCUT2D eigenvalue weighted by molar-refractivity contribution is 0.0696.